The quantitative estimate of drug-likeness (QED) is 0.836. The maximum absolute atomic E-state index is 12.9. The predicted octanol–water partition coefficient (Wildman–Crippen LogP) is 3.45. The Hall–Kier alpha value is -1.20. The van der Waals surface area contributed by atoms with Gasteiger partial charge in [0.2, 0.25) is 5.91 Å². The number of carbonyl (C=O) groups is 2. The molecule has 1 aliphatic rings. The standard InChI is InChI=1S/C18H25ClN2O2S/c1-13-6-5-10-21(12-13)18(23)16(9-11-24-2)20-17(22)14-7-3-4-8-15(14)19/h3-4,7-8,13,16H,5-6,9-12H2,1-2H3,(H,20,22)/t13-,16+/m1/s1. The van der Waals surface area contributed by atoms with Crippen LogP contribution in [0.25, 0.3) is 0 Å². The summed E-state index contributed by atoms with van der Waals surface area (Å²) in [5, 5.41) is 3.29. The van der Waals surface area contributed by atoms with E-state index in [1.54, 1.807) is 36.0 Å². The van der Waals surface area contributed by atoms with Crippen molar-refractivity contribution in [1.29, 1.82) is 0 Å². The van der Waals surface area contributed by atoms with Crippen LogP contribution in [0.5, 0.6) is 0 Å². The number of piperidine rings is 1. The van der Waals surface area contributed by atoms with Crippen molar-refractivity contribution in [3.05, 3.63) is 34.9 Å². The van der Waals surface area contributed by atoms with Crippen LogP contribution in [-0.4, -0.2) is 47.9 Å². The second-order valence-corrected chi connectivity index (χ2v) is 7.71. The zero-order valence-corrected chi connectivity index (χ0v) is 15.8. The average molecular weight is 369 g/mol. The van der Waals surface area contributed by atoms with E-state index in [9.17, 15) is 9.59 Å². The van der Waals surface area contributed by atoms with Crippen molar-refractivity contribution in [3.8, 4) is 0 Å². The molecular formula is C18H25ClN2O2S. The average Bonchev–Trinajstić information content (AvgIpc) is 2.58. The van der Waals surface area contributed by atoms with Crippen LogP contribution in [0.4, 0.5) is 0 Å². The van der Waals surface area contributed by atoms with E-state index >= 15 is 0 Å². The van der Waals surface area contributed by atoms with Crippen molar-refractivity contribution in [2.24, 2.45) is 5.92 Å². The van der Waals surface area contributed by atoms with E-state index in [1.807, 2.05) is 11.2 Å². The van der Waals surface area contributed by atoms with Crippen LogP contribution in [-0.2, 0) is 4.79 Å². The summed E-state index contributed by atoms with van der Waals surface area (Å²) in [6.07, 6.45) is 4.81. The van der Waals surface area contributed by atoms with Crippen LogP contribution < -0.4 is 5.32 Å². The highest BCUT2D eigenvalue weighted by Crippen LogP contribution is 2.19. The van der Waals surface area contributed by atoms with E-state index in [1.165, 1.54) is 0 Å². The van der Waals surface area contributed by atoms with Gasteiger partial charge in [0.05, 0.1) is 10.6 Å². The molecule has 2 rings (SSSR count). The van der Waals surface area contributed by atoms with Gasteiger partial charge in [0, 0.05) is 13.1 Å². The molecule has 1 N–H and O–H groups in total. The molecule has 6 heteroatoms. The van der Waals surface area contributed by atoms with Crippen LogP contribution in [0.15, 0.2) is 24.3 Å². The second kappa shape index (κ2) is 9.33. The maximum atomic E-state index is 12.9. The summed E-state index contributed by atoms with van der Waals surface area (Å²) < 4.78 is 0. The van der Waals surface area contributed by atoms with E-state index in [-0.39, 0.29) is 11.8 Å². The fourth-order valence-corrected chi connectivity index (χ4v) is 3.68. The van der Waals surface area contributed by atoms with Crippen molar-refractivity contribution >= 4 is 35.2 Å². The molecule has 0 saturated carbocycles. The van der Waals surface area contributed by atoms with Crippen LogP contribution in [0.1, 0.15) is 36.5 Å². The first kappa shape index (κ1) is 19.1. The van der Waals surface area contributed by atoms with Crippen molar-refractivity contribution in [1.82, 2.24) is 10.2 Å². The summed E-state index contributed by atoms with van der Waals surface area (Å²) in [5.41, 5.74) is 0.410. The summed E-state index contributed by atoms with van der Waals surface area (Å²) in [6, 6.07) is 6.42. The molecule has 1 aromatic rings. The lowest BCUT2D eigenvalue weighted by atomic mass is 9.99. The molecule has 1 fully saturated rings. The first-order valence-corrected chi connectivity index (χ1v) is 10.1. The Labute approximate surface area is 153 Å². The molecule has 0 bridgehead atoms. The normalized spacial score (nSPS) is 19.0. The van der Waals surface area contributed by atoms with Crippen molar-refractivity contribution in [3.63, 3.8) is 0 Å². The first-order valence-electron chi connectivity index (χ1n) is 8.36. The van der Waals surface area contributed by atoms with Gasteiger partial charge in [-0.2, -0.15) is 11.8 Å². The Balaban J connectivity index is 2.08. The van der Waals surface area contributed by atoms with Gasteiger partial charge in [-0.25, -0.2) is 0 Å². The van der Waals surface area contributed by atoms with Crippen LogP contribution in [0.2, 0.25) is 5.02 Å². The van der Waals surface area contributed by atoms with Gasteiger partial charge in [0.1, 0.15) is 6.04 Å². The molecule has 1 aliphatic heterocycles. The molecule has 0 aliphatic carbocycles. The number of nitrogens with zero attached hydrogens (tertiary/aromatic N) is 1. The molecule has 132 valence electrons. The Bertz CT molecular complexity index is 582. The van der Waals surface area contributed by atoms with Gasteiger partial charge < -0.3 is 10.2 Å². The molecule has 1 aromatic carbocycles. The van der Waals surface area contributed by atoms with Gasteiger partial charge in [0.15, 0.2) is 0 Å². The van der Waals surface area contributed by atoms with Crippen LogP contribution in [0, 0.1) is 5.92 Å². The third-order valence-corrected chi connectivity index (χ3v) is 5.27. The van der Waals surface area contributed by atoms with Crippen molar-refractivity contribution < 1.29 is 9.59 Å². The fraction of sp³-hybridized carbons (Fsp3) is 0.556. The first-order chi connectivity index (χ1) is 11.5. The highest BCUT2D eigenvalue weighted by molar-refractivity contribution is 7.98. The monoisotopic (exact) mass is 368 g/mol. The fourth-order valence-electron chi connectivity index (χ4n) is 2.98. The molecular weight excluding hydrogens is 344 g/mol. The minimum absolute atomic E-state index is 0.0241. The number of amides is 2. The zero-order chi connectivity index (χ0) is 17.5. The lowest BCUT2D eigenvalue weighted by Gasteiger charge is -2.33. The Morgan fingerprint density at radius 2 is 2.17 bits per heavy atom. The Kier molecular flexibility index (Phi) is 7.43. The van der Waals surface area contributed by atoms with Gasteiger partial charge in [-0.05, 0) is 49.3 Å². The van der Waals surface area contributed by atoms with Crippen LogP contribution >= 0.6 is 23.4 Å². The molecule has 0 aromatic heterocycles. The summed E-state index contributed by atoms with van der Waals surface area (Å²) in [6.45, 7) is 3.72. The smallest absolute Gasteiger partial charge is 0.253 e. The molecule has 0 unspecified atom stereocenters. The summed E-state index contributed by atoms with van der Waals surface area (Å²) in [5.74, 6) is 1.08. The molecule has 1 heterocycles. The minimum Gasteiger partial charge on any atom is -0.341 e. The molecule has 1 saturated heterocycles. The largest absolute Gasteiger partial charge is 0.341 e. The highest BCUT2D eigenvalue weighted by Gasteiger charge is 2.29. The molecule has 0 spiro atoms. The minimum atomic E-state index is -0.494. The van der Waals surface area contributed by atoms with Gasteiger partial charge in [-0.3, -0.25) is 9.59 Å². The number of hydrogen-bond donors (Lipinski definition) is 1. The third kappa shape index (κ3) is 5.15. The lowest BCUT2D eigenvalue weighted by molar-refractivity contribution is -0.135. The van der Waals surface area contributed by atoms with E-state index in [0.717, 1.165) is 31.7 Å². The molecule has 0 radical (unpaired) electrons. The van der Waals surface area contributed by atoms with Gasteiger partial charge >= 0.3 is 0 Å². The Morgan fingerprint density at radius 1 is 1.42 bits per heavy atom. The SMILES string of the molecule is CSCC[C@H](NC(=O)c1ccccc1Cl)C(=O)N1CCC[C@@H](C)C1. The molecule has 2 amide bonds. The van der Waals surface area contributed by atoms with Crippen molar-refractivity contribution in [2.45, 2.75) is 32.2 Å². The van der Waals surface area contributed by atoms with Crippen LogP contribution in [0.3, 0.4) is 0 Å². The predicted molar refractivity (Wildman–Crippen MR) is 101 cm³/mol. The summed E-state index contributed by atoms with van der Waals surface area (Å²) >= 11 is 7.77. The van der Waals surface area contributed by atoms with Gasteiger partial charge in [-0.15, -0.1) is 0 Å². The number of carbonyl (C=O) groups excluding carboxylic acids is 2. The molecule has 24 heavy (non-hydrogen) atoms. The summed E-state index contributed by atoms with van der Waals surface area (Å²) in [7, 11) is 0. The van der Waals surface area contributed by atoms with Crippen molar-refractivity contribution in [2.75, 3.05) is 25.1 Å². The van der Waals surface area contributed by atoms with E-state index < -0.39 is 6.04 Å². The number of halogens is 1. The molecule has 2 atom stereocenters. The second-order valence-electron chi connectivity index (χ2n) is 6.32. The highest BCUT2D eigenvalue weighted by atomic mass is 35.5. The van der Waals surface area contributed by atoms with E-state index in [4.69, 9.17) is 11.6 Å². The van der Waals surface area contributed by atoms with Gasteiger partial charge in [0.25, 0.3) is 5.91 Å². The number of likely N-dealkylation sites (tertiary alicyclic amines) is 1. The number of nitrogens with one attached hydrogen (secondary N) is 1. The topological polar surface area (TPSA) is 49.4 Å². The van der Waals surface area contributed by atoms with E-state index in [2.05, 4.69) is 12.2 Å². The van der Waals surface area contributed by atoms with Gasteiger partial charge in [-0.1, -0.05) is 30.7 Å². The van der Waals surface area contributed by atoms with E-state index in [0.29, 0.717) is 22.9 Å². The third-order valence-electron chi connectivity index (χ3n) is 4.30. The lowest BCUT2D eigenvalue weighted by Crippen LogP contribution is -2.51. The Morgan fingerprint density at radius 3 is 2.83 bits per heavy atom. The number of rotatable bonds is 6. The zero-order valence-electron chi connectivity index (χ0n) is 14.3. The maximum Gasteiger partial charge on any atom is 0.253 e. The number of thioether (sulfide) groups is 1. The number of benzene rings is 1. The molecule has 4 nitrogen and oxygen atoms in total. The number of hydrogen-bond acceptors (Lipinski definition) is 3. The summed E-state index contributed by atoms with van der Waals surface area (Å²) in [4.78, 5) is 27.3.